The standard InChI is InChI=1S/C24H28N2O2.ClH/c1-26(22-15-20-11-12-21(16-22)25-20)24(28)14-13-23(27)19-9-7-18(8-10-19)17-5-3-2-4-6-17;/h2-10,20-22,25H,11-16H2,1H3;1H. The van der Waals surface area contributed by atoms with E-state index in [4.69, 9.17) is 0 Å². The smallest absolute Gasteiger partial charge is 0.223 e. The molecule has 2 fully saturated rings. The molecule has 4 nitrogen and oxygen atoms in total. The maximum atomic E-state index is 12.6. The summed E-state index contributed by atoms with van der Waals surface area (Å²) < 4.78 is 0. The predicted octanol–water partition coefficient (Wildman–Crippen LogP) is 4.48. The number of rotatable bonds is 6. The van der Waals surface area contributed by atoms with Crippen molar-refractivity contribution in [2.24, 2.45) is 0 Å². The number of fused-ring (bicyclic) bond motifs is 2. The average Bonchev–Trinajstić information content (AvgIpc) is 3.09. The van der Waals surface area contributed by atoms with Crippen LogP contribution in [-0.2, 0) is 4.79 Å². The summed E-state index contributed by atoms with van der Waals surface area (Å²) in [5.74, 6) is 0.118. The van der Waals surface area contributed by atoms with E-state index in [1.165, 1.54) is 12.8 Å². The summed E-state index contributed by atoms with van der Waals surface area (Å²) in [4.78, 5) is 27.0. The molecule has 0 radical (unpaired) electrons. The van der Waals surface area contributed by atoms with Gasteiger partial charge in [0.25, 0.3) is 0 Å². The van der Waals surface area contributed by atoms with Gasteiger partial charge in [-0.1, -0.05) is 54.6 Å². The van der Waals surface area contributed by atoms with Gasteiger partial charge >= 0.3 is 0 Å². The van der Waals surface area contributed by atoms with Gasteiger partial charge in [0.15, 0.2) is 5.78 Å². The highest BCUT2D eigenvalue weighted by molar-refractivity contribution is 5.98. The lowest BCUT2D eigenvalue weighted by molar-refractivity contribution is -0.132. The molecule has 0 saturated carbocycles. The second-order valence-corrected chi connectivity index (χ2v) is 8.13. The highest BCUT2D eigenvalue weighted by Crippen LogP contribution is 2.29. The fourth-order valence-electron chi connectivity index (χ4n) is 4.57. The molecule has 2 aliphatic rings. The Kier molecular flexibility index (Phi) is 7.09. The number of halogens is 1. The van der Waals surface area contributed by atoms with Gasteiger partial charge in [0.2, 0.25) is 5.91 Å². The molecule has 0 aliphatic carbocycles. The minimum Gasteiger partial charge on any atom is -0.343 e. The van der Waals surface area contributed by atoms with Crippen LogP contribution < -0.4 is 5.32 Å². The van der Waals surface area contributed by atoms with Crippen molar-refractivity contribution in [3.63, 3.8) is 0 Å². The van der Waals surface area contributed by atoms with Gasteiger partial charge in [-0.15, -0.1) is 12.4 Å². The van der Waals surface area contributed by atoms with Gasteiger partial charge in [-0.2, -0.15) is 0 Å². The van der Waals surface area contributed by atoms with Gasteiger partial charge in [-0.3, -0.25) is 9.59 Å². The molecule has 2 aromatic carbocycles. The Hall–Kier alpha value is -2.17. The van der Waals surface area contributed by atoms with Crippen LogP contribution in [0.2, 0.25) is 0 Å². The minimum absolute atomic E-state index is 0. The number of amides is 1. The molecule has 2 atom stereocenters. The van der Waals surface area contributed by atoms with Gasteiger partial charge in [0.05, 0.1) is 0 Å². The van der Waals surface area contributed by atoms with Crippen molar-refractivity contribution in [3.05, 3.63) is 60.2 Å². The molecule has 4 rings (SSSR count). The van der Waals surface area contributed by atoms with Crippen molar-refractivity contribution in [3.8, 4) is 11.1 Å². The fourth-order valence-corrected chi connectivity index (χ4v) is 4.57. The van der Waals surface area contributed by atoms with Crippen molar-refractivity contribution in [1.82, 2.24) is 10.2 Å². The molecule has 0 spiro atoms. The van der Waals surface area contributed by atoms with Crippen LogP contribution in [0.15, 0.2) is 54.6 Å². The van der Waals surface area contributed by atoms with E-state index in [2.05, 4.69) is 17.4 Å². The molecule has 5 heteroatoms. The van der Waals surface area contributed by atoms with E-state index in [1.54, 1.807) is 0 Å². The first-order valence-electron chi connectivity index (χ1n) is 10.3. The van der Waals surface area contributed by atoms with Crippen LogP contribution in [0.4, 0.5) is 0 Å². The Balaban J connectivity index is 0.00000240. The van der Waals surface area contributed by atoms with E-state index < -0.39 is 0 Å². The van der Waals surface area contributed by atoms with Crippen LogP contribution in [0.5, 0.6) is 0 Å². The molecule has 2 unspecified atom stereocenters. The maximum absolute atomic E-state index is 12.6. The number of carbonyl (C=O) groups excluding carboxylic acids is 2. The number of hydrogen-bond acceptors (Lipinski definition) is 3. The molecule has 2 heterocycles. The van der Waals surface area contributed by atoms with E-state index in [1.807, 2.05) is 54.4 Å². The summed E-state index contributed by atoms with van der Waals surface area (Å²) in [5.41, 5.74) is 2.90. The Morgan fingerprint density at radius 3 is 2.10 bits per heavy atom. The zero-order chi connectivity index (χ0) is 19.5. The quantitative estimate of drug-likeness (QED) is 0.711. The number of nitrogens with zero attached hydrogens (tertiary/aromatic N) is 1. The van der Waals surface area contributed by atoms with E-state index >= 15 is 0 Å². The number of Topliss-reactive ketones (excluding diaryl/α,β-unsaturated/α-hetero) is 1. The lowest BCUT2D eigenvalue weighted by Gasteiger charge is -2.35. The SMILES string of the molecule is CN(C(=O)CCC(=O)c1ccc(-c2ccccc2)cc1)C1CC2CCC(C1)N2.Cl. The zero-order valence-electron chi connectivity index (χ0n) is 16.8. The first-order chi connectivity index (χ1) is 13.6. The summed E-state index contributed by atoms with van der Waals surface area (Å²) in [6.45, 7) is 0. The van der Waals surface area contributed by atoms with E-state index in [9.17, 15) is 9.59 Å². The van der Waals surface area contributed by atoms with Crippen molar-refractivity contribution >= 4 is 24.1 Å². The van der Waals surface area contributed by atoms with Crippen LogP contribution in [0.25, 0.3) is 11.1 Å². The number of ketones is 1. The van der Waals surface area contributed by atoms with Crippen LogP contribution in [0, 0.1) is 0 Å². The number of hydrogen-bond donors (Lipinski definition) is 1. The molecule has 29 heavy (non-hydrogen) atoms. The van der Waals surface area contributed by atoms with E-state index in [0.717, 1.165) is 24.0 Å². The van der Waals surface area contributed by atoms with Crippen molar-refractivity contribution in [1.29, 1.82) is 0 Å². The number of piperidine rings is 1. The van der Waals surface area contributed by atoms with Gasteiger partial charge in [0, 0.05) is 43.6 Å². The third-order valence-electron chi connectivity index (χ3n) is 6.27. The molecule has 1 amide bonds. The lowest BCUT2D eigenvalue weighted by atomic mass is 9.97. The molecule has 0 aromatic heterocycles. The topological polar surface area (TPSA) is 49.4 Å². The normalized spacial score (nSPS) is 22.6. The second-order valence-electron chi connectivity index (χ2n) is 8.13. The predicted molar refractivity (Wildman–Crippen MR) is 118 cm³/mol. The summed E-state index contributed by atoms with van der Waals surface area (Å²) in [5, 5.41) is 3.61. The number of nitrogens with one attached hydrogen (secondary N) is 1. The molecule has 2 aliphatic heterocycles. The first-order valence-corrected chi connectivity index (χ1v) is 10.3. The minimum atomic E-state index is 0. The molecule has 2 saturated heterocycles. The van der Waals surface area contributed by atoms with Crippen LogP contribution in [-0.4, -0.2) is 41.8 Å². The van der Waals surface area contributed by atoms with Crippen molar-refractivity contribution in [2.45, 2.75) is 56.7 Å². The van der Waals surface area contributed by atoms with Crippen LogP contribution in [0.3, 0.4) is 0 Å². The maximum Gasteiger partial charge on any atom is 0.223 e. The third kappa shape index (κ3) is 5.06. The van der Waals surface area contributed by atoms with Gasteiger partial charge < -0.3 is 10.2 Å². The Bertz CT molecular complexity index is 826. The summed E-state index contributed by atoms with van der Waals surface area (Å²) >= 11 is 0. The molecule has 2 aromatic rings. The number of benzene rings is 2. The van der Waals surface area contributed by atoms with Gasteiger partial charge in [-0.05, 0) is 36.8 Å². The molecular weight excluding hydrogens is 384 g/mol. The van der Waals surface area contributed by atoms with Gasteiger partial charge in [-0.25, -0.2) is 0 Å². The van der Waals surface area contributed by atoms with Crippen molar-refractivity contribution in [2.75, 3.05) is 7.05 Å². The third-order valence-corrected chi connectivity index (χ3v) is 6.27. The van der Waals surface area contributed by atoms with E-state index in [-0.39, 0.29) is 36.9 Å². The van der Waals surface area contributed by atoms with E-state index in [0.29, 0.717) is 23.7 Å². The second kappa shape index (κ2) is 9.55. The van der Waals surface area contributed by atoms with Crippen molar-refractivity contribution < 1.29 is 9.59 Å². The highest BCUT2D eigenvalue weighted by atomic mass is 35.5. The monoisotopic (exact) mass is 412 g/mol. The summed E-state index contributed by atoms with van der Waals surface area (Å²) in [7, 11) is 1.90. The van der Waals surface area contributed by atoms with Gasteiger partial charge in [0.1, 0.15) is 0 Å². The summed E-state index contributed by atoms with van der Waals surface area (Å²) in [6.07, 6.45) is 5.07. The lowest BCUT2D eigenvalue weighted by Crippen LogP contribution is -2.48. The first kappa shape index (κ1) is 21.5. The average molecular weight is 413 g/mol. The largest absolute Gasteiger partial charge is 0.343 e. The highest BCUT2D eigenvalue weighted by Gasteiger charge is 2.36. The number of carbonyl (C=O) groups is 2. The molecule has 154 valence electrons. The zero-order valence-corrected chi connectivity index (χ0v) is 17.7. The molecular formula is C24H29ClN2O2. The Labute approximate surface area is 179 Å². The molecule has 2 bridgehead atoms. The summed E-state index contributed by atoms with van der Waals surface area (Å²) in [6, 6.07) is 19.2. The fraction of sp³-hybridized carbons (Fsp3) is 0.417. The van der Waals surface area contributed by atoms with Crippen LogP contribution >= 0.6 is 12.4 Å². The molecule has 1 N–H and O–H groups in total. The Morgan fingerprint density at radius 2 is 1.48 bits per heavy atom. The Morgan fingerprint density at radius 1 is 0.897 bits per heavy atom. The van der Waals surface area contributed by atoms with Crippen LogP contribution in [0.1, 0.15) is 48.9 Å².